The Bertz CT molecular complexity index is 755. The summed E-state index contributed by atoms with van der Waals surface area (Å²) in [5.74, 6) is 1.50. The molecule has 0 unspecified atom stereocenters. The molecule has 0 amide bonds. The van der Waals surface area contributed by atoms with Gasteiger partial charge in [0.25, 0.3) is 5.89 Å². The fourth-order valence-electron chi connectivity index (χ4n) is 1.95. The van der Waals surface area contributed by atoms with Gasteiger partial charge < -0.3 is 14.4 Å². The van der Waals surface area contributed by atoms with Gasteiger partial charge in [0.15, 0.2) is 11.5 Å². The Labute approximate surface area is 121 Å². The van der Waals surface area contributed by atoms with E-state index < -0.39 is 0 Å². The molecule has 6 heteroatoms. The molecule has 0 aliphatic heterocycles. The first-order valence-corrected chi connectivity index (χ1v) is 6.36. The van der Waals surface area contributed by atoms with Crippen LogP contribution in [0.4, 0.5) is 0 Å². The van der Waals surface area contributed by atoms with Crippen LogP contribution in [0.25, 0.3) is 11.6 Å². The van der Waals surface area contributed by atoms with Crippen LogP contribution < -0.4 is 4.74 Å². The largest absolute Gasteiger partial charge is 0.505 e. The van der Waals surface area contributed by atoms with Crippen LogP contribution in [-0.4, -0.2) is 27.3 Å². The minimum absolute atomic E-state index is 0.00841. The third-order valence-electron chi connectivity index (χ3n) is 2.95. The fourth-order valence-corrected chi connectivity index (χ4v) is 1.95. The smallest absolute Gasteiger partial charge is 0.280 e. The highest BCUT2D eigenvalue weighted by Crippen LogP contribution is 2.24. The van der Waals surface area contributed by atoms with E-state index in [1.54, 1.807) is 19.4 Å². The minimum Gasteiger partial charge on any atom is -0.505 e. The summed E-state index contributed by atoms with van der Waals surface area (Å²) >= 11 is 0. The van der Waals surface area contributed by atoms with Gasteiger partial charge in [-0.3, -0.25) is 0 Å². The minimum atomic E-state index is 0.00841. The summed E-state index contributed by atoms with van der Waals surface area (Å²) in [6.07, 6.45) is 2.06. The molecule has 6 nitrogen and oxygen atoms in total. The Morgan fingerprint density at radius 1 is 1.24 bits per heavy atom. The number of aromatic nitrogens is 3. The number of rotatable bonds is 4. The predicted molar refractivity (Wildman–Crippen MR) is 75.0 cm³/mol. The van der Waals surface area contributed by atoms with E-state index in [0.717, 1.165) is 11.3 Å². The van der Waals surface area contributed by atoms with Crippen LogP contribution in [0.2, 0.25) is 0 Å². The fraction of sp³-hybridized carbons (Fsp3) is 0.133. The van der Waals surface area contributed by atoms with Crippen LogP contribution in [0.5, 0.6) is 11.5 Å². The van der Waals surface area contributed by atoms with Crippen molar-refractivity contribution in [3.63, 3.8) is 0 Å². The number of hydrogen-bond donors (Lipinski definition) is 1. The molecule has 0 bridgehead atoms. The summed E-state index contributed by atoms with van der Waals surface area (Å²) in [6.45, 7) is 0. The van der Waals surface area contributed by atoms with Gasteiger partial charge in [-0.05, 0) is 29.8 Å². The Kier molecular flexibility index (Phi) is 3.51. The summed E-state index contributed by atoms with van der Waals surface area (Å²) in [5, 5.41) is 13.6. The zero-order valence-corrected chi connectivity index (χ0v) is 11.4. The van der Waals surface area contributed by atoms with Crippen molar-refractivity contribution in [1.29, 1.82) is 0 Å². The third kappa shape index (κ3) is 2.84. The van der Waals surface area contributed by atoms with Crippen LogP contribution in [-0.2, 0) is 6.42 Å². The lowest BCUT2D eigenvalue weighted by molar-refractivity contribution is 0.413. The van der Waals surface area contributed by atoms with Crippen molar-refractivity contribution in [2.24, 2.45) is 0 Å². The lowest BCUT2D eigenvalue weighted by Crippen LogP contribution is -1.92. The number of aromatic hydroxyl groups is 1. The molecular weight excluding hydrogens is 270 g/mol. The average molecular weight is 283 g/mol. The molecule has 21 heavy (non-hydrogen) atoms. The van der Waals surface area contributed by atoms with Gasteiger partial charge in [-0.25, -0.2) is 4.98 Å². The maximum Gasteiger partial charge on any atom is 0.280 e. The molecule has 3 rings (SSSR count). The van der Waals surface area contributed by atoms with Gasteiger partial charge in [0.2, 0.25) is 0 Å². The summed E-state index contributed by atoms with van der Waals surface area (Å²) in [5.41, 5.74) is 1.29. The number of ether oxygens (including phenoxy) is 1. The van der Waals surface area contributed by atoms with Crippen molar-refractivity contribution in [2.45, 2.75) is 6.42 Å². The van der Waals surface area contributed by atoms with Crippen molar-refractivity contribution in [1.82, 2.24) is 15.1 Å². The molecule has 1 aromatic carbocycles. The highest BCUT2D eigenvalue weighted by Gasteiger charge is 2.14. The highest BCUT2D eigenvalue weighted by atomic mass is 16.5. The number of benzene rings is 1. The molecule has 0 aliphatic rings. The van der Waals surface area contributed by atoms with Crippen molar-refractivity contribution >= 4 is 0 Å². The van der Waals surface area contributed by atoms with E-state index in [4.69, 9.17) is 9.26 Å². The summed E-state index contributed by atoms with van der Waals surface area (Å²) < 4.78 is 10.3. The normalized spacial score (nSPS) is 10.5. The topological polar surface area (TPSA) is 81.3 Å². The molecule has 106 valence electrons. The molecule has 0 aliphatic carbocycles. The number of nitrogens with zero attached hydrogens (tertiary/aromatic N) is 3. The first-order chi connectivity index (χ1) is 10.3. The van der Waals surface area contributed by atoms with E-state index in [1.807, 2.05) is 24.3 Å². The zero-order valence-electron chi connectivity index (χ0n) is 11.4. The molecule has 0 saturated carbocycles. The van der Waals surface area contributed by atoms with Crippen LogP contribution in [0, 0.1) is 0 Å². The first kappa shape index (κ1) is 13.1. The van der Waals surface area contributed by atoms with E-state index in [-0.39, 0.29) is 17.3 Å². The molecule has 1 N–H and O–H groups in total. The highest BCUT2D eigenvalue weighted by molar-refractivity contribution is 5.55. The van der Waals surface area contributed by atoms with Crippen LogP contribution >= 0.6 is 0 Å². The van der Waals surface area contributed by atoms with Crippen LogP contribution in [0.3, 0.4) is 0 Å². The SMILES string of the molecule is COc1cccc(Cc2noc(-c3ncccc3O)n2)c1. The maximum atomic E-state index is 9.72. The second-order valence-electron chi connectivity index (χ2n) is 4.42. The lowest BCUT2D eigenvalue weighted by atomic mass is 10.1. The predicted octanol–water partition coefficient (Wildman–Crippen LogP) is 2.44. The summed E-state index contributed by atoms with van der Waals surface area (Å²) in [6, 6.07) is 10.8. The molecule has 2 heterocycles. The number of methoxy groups -OCH3 is 1. The average Bonchev–Trinajstić information content (AvgIpc) is 2.96. The van der Waals surface area contributed by atoms with E-state index in [1.165, 1.54) is 6.07 Å². The number of pyridine rings is 1. The van der Waals surface area contributed by atoms with E-state index in [9.17, 15) is 5.11 Å². The summed E-state index contributed by atoms with van der Waals surface area (Å²) in [7, 11) is 1.62. The maximum absolute atomic E-state index is 9.72. The Hall–Kier alpha value is -2.89. The number of hydrogen-bond acceptors (Lipinski definition) is 6. The van der Waals surface area contributed by atoms with Gasteiger partial charge in [-0.1, -0.05) is 17.3 Å². The van der Waals surface area contributed by atoms with Gasteiger partial charge in [-0.15, -0.1) is 0 Å². The standard InChI is InChI=1S/C15H13N3O3/c1-20-11-5-2-4-10(8-11)9-13-17-15(21-18-13)14-12(19)6-3-7-16-14/h2-8,19H,9H2,1H3. The lowest BCUT2D eigenvalue weighted by Gasteiger charge is -2.01. The molecule has 0 atom stereocenters. The zero-order chi connectivity index (χ0) is 14.7. The van der Waals surface area contributed by atoms with Crippen molar-refractivity contribution in [3.8, 4) is 23.1 Å². The molecule has 0 fully saturated rings. The van der Waals surface area contributed by atoms with Crippen LogP contribution in [0.1, 0.15) is 11.4 Å². The Balaban J connectivity index is 1.84. The van der Waals surface area contributed by atoms with Gasteiger partial charge in [-0.2, -0.15) is 4.98 Å². The van der Waals surface area contributed by atoms with E-state index >= 15 is 0 Å². The van der Waals surface area contributed by atoms with Gasteiger partial charge in [0.1, 0.15) is 11.5 Å². The quantitative estimate of drug-likeness (QED) is 0.792. The Morgan fingerprint density at radius 2 is 2.14 bits per heavy atom. The molecule has 0 saturated heterocycles. The van der Waals surface area contributed by atoms with Crippen molar-refractivity contribution in [3.05, 3.63) is 54.0 Å². The van der Waals surface area contributed by atoms with Gasteiger partial charge in [0, 0.05) is 12.6 Å². The van der Waals surface area contributed by atoms with Crippen molar-refractivity contribution < 1.29 is 14.4 Å². The van der Waals surface area contributed by atoms with Gasteiger partial charge in [0.05, 0.1) is 7.11 Å². The van der Waals surface area contributed by atoms with E-state index in [0.29, 0.717) is 12.2 Å². The van der Waals surface area contributed by atoms with Crippen LogP contribution in [0.15, 0.2) is 47.1 Å². The monoisotopic (exact) mass is 283 g/mol. The molecule has 0 spiro atoms. The molecular formula is C15H13N3O3. The summed E-state index contributed by atoms with van der Waals surface area (Å²) in [4.78, 5) is 8.28. The second-order valence-corrected chi connectivity index (χ2v) is 4.42. The van der Waals surface area contributed by atoms with Gasteiger partial charge >= 0.3 is 0 Å². The molecule has 0 radical (unpaired) electrons. The van der Waals surface area contributed by atoms with Crippen molar-refractivity contribution in [2.75, 3.05) is 7.11 Å². The first-order valence-electron chi connectivity index (χ1n) is 6.36. The second kappa shape index (κ2) is 5.62. The van der Waals surface area contributed by atoms with E-state index in [2.05, 4.69) is 15.1 Å². The molecule has 2 aromatic heterocycles. The molecule has 3 aromatic rings. The third-order valence-corrected chi connectivity index (χ3v) is 2.95. The Morgan fingerprint density at radius 3 is 2.95 bits per heavy atom.